The monoisotopic (exact) mass is 412 g/mol. The van der Waals surface area contributed by atoms with Crippen molar-refractivity contribution in [1.82, 2.24) is 0 Å². The molecular weight excluding hydrogens is 394 g/mol. The molecule has 0 aromatic heterocycles. The Labute approximate surface area is 155 Å². The Morgan fingerprint density at radius 1 is 0.952 bits per heavy atom. The molecule has 0 spiro atoms. The van der Waals surface area contributed by atoms with Crippen molar-refractivity contribution in [2.75, 3.05) is 0 Å². The summed E-state index contributed by atoms with van der Waals surface area (Å²) in [5.74, 6) is 0. The molecule has 0 atom stereocenters. The second-order valence-electron chi connectivity index (χ2n) is 4.62. The van der Waals surface area contributed by atoms with Crippen molar-refractivity contribution in [3.63, 3.8) is 0 Å². The summed E-state index contributed by atoms with van der Waals surface area (Å²) in [4.78, 5) is 0. The zero-order valence-corrected chi connectivity index (χ0v) is 17.6. The maximum Gasteiger partial charge on any atom is -0.0579 e. The van der Waals surface area contributed by atoms with Gasteiger partial charge in [0, 0.05) is 0 Å². The molecule has 0 fully saturated rings. The van der Waals surface area contributed by atoms with Gasteiger partial charge in [-0.15, -0.1) is 40.6 Å². The molecule has 3 rings (SSSR count). The van der Waals surface area contributed by atoms with E-state index in [1.807, 2.05) is 30.3 Å². The molecule has 3 aromatic carbocycles. The molecule has 21 heavy (non-hydrogen) atoms. The fourth-order valence-electron chi connectivity index (χ4n) is 1.63. The van der Waals surface area contributed by atoms with Crippen LogP contribution in [0.15, 0.2) is 66.7 Å². The van der Waals surface area contributed by atoms with E-state index in [2.05, 4.69) is 56.4 Å². The number of rotatable bonds is 0. The molecule has 0 unspecified atom stereocenters. The smallest absolute Gasteiger partial charge is 0.0579 e. The summed E-state index contributed by atoms with van der Waals surface area (Å²) >= 11 is 1.74. The molecule has 0 heterocycles. The van der Waals surface area contributed by atoms with Crippen LogP contribution in [-0.4, -0.2) is 5.43 Å². The van der Waals surface area contributed by atoms with Gasteiger partial charge in [0.05, 0.1) is 0 Å². The van der Waals surface area contributed by atoms with E-state index in [4.69, 9.17) is 0 Å². The maximum absolute atomic E-state index is 2.31. The van der Waals surface area contributed by atoms with Crippen LogP contribution in [0.25, 0.3) is 10.8 Å². The number of hydrogen-bond acceptors (Lipinski definition) is 0. The fraction of sp³-hybridized carbons (Fsp3) is 0.176. The molecule has 0 radical (unpaired) electrons. The minimum atomic E-state index is 0. The average Bonchev–Trinajstić information content (AvgIpc) is 2.98. The van der Waals surface area contributed by atoms with Crippen LogP contribution in [0, 0.1) is 6.92 Å². The van der Waals surface area contributed by atoms with Crippen molar-refractivity contribution in [2.24, 2.45) is 0 Å². The quantitative estimate of drug-likeness (QED) is 0.329. The average molecular weight is 415 g/mol. The molecule has 0 aliphatic heterocycles. The van der Waals surface area contributed by atoms with E-state index in [0.29, 0.717) is 0 Å². The number of benzene rings is 1. The Hall–Kier alpha value is -0.140. The molecule has 0 aliphatic rings. The van der Waals surface area contributed by atoms with Crippen LogP contribution >= 0.6 is 0 Å². The molecular formula is C17H20Cl2SiZr-2. The SMILES string of the molecule is C[Si](C)=[Zr+2].Cc1cc2ccccc2[cH-]1.[Cl-].[Cl-].c1cc[cH-]c1. The van der Waals surface area contributed by atoms with Crippen molar-refractivity contribution < 1.29 is 48.1 Å². The third-order valence-corrected chi connectivity index (χ3v) is 2.32. The summed E-state index contributed by atoms with van der Waals surface area (Å²) < 4.78 is 0. The summed E-state index contributed by atoms with van der Waals surface area (Å²) in [5, 5.41) is 2.69. The van der Waals surface area contributed by atoms with Gasteiger partial charge in [-0.05, 0) is 0 Å². The Bertz CT molecular complexity index is 546. The van der Waals surface area contributed by atoms with Gasteiger partial charge < -0.3 is 24.8 Å². The Morgan fingerprint density at radius 3 is 1.90 bits per heavy atom. The molecule has 0 bridgehead atoms. The zero-order valence-electron chi connectivity index (χ0n) is 12.6. The van der Waals surface area contributed by atoms with Crippen LogP contribution in [-0.2, 0) is 23.3 Å². The number of fused-ring (bicyclic) bond motifs is 1. The van der Waals surface area contributed by atoms with Gasteiger partial charge >= 0.3 is 41.9 Å². The van der Waals surface area contributed by atoms with Crippen LogP contribution < -0.4 is 24.8 Å². The first-order valence-electron chi connectivity index (χ1n) is 6.40. The number of hydrogen-bond donors (Lipinski definition) is 0. The van der Waals surface area contributed by atoms with Crippen LogP contribution in [0.3, 0.4) is 0 Å². The maximum atomic E-state index is 2.31. The Morgan fingerprint density at radius 2 is 1.48 bits per heavy atom. The van der Waals surface area contributed by atoms with E-state index >= 15 is 0 Å². The molecule has 0 aliphatic carbocycles. The van der Waals surface area contributed by atoms with E-state index in [0.717, 1.165) is 0 Å². The molecule has 112 valence electrons. The molecule has 3 aromatic rings. The summed E-state index contributed by atoms with van der Waals surface area (Å²) in [5.41, 5.74) is 1.56. The largest absolute Gasteiger partial charge is 1.00 e. The number of aryl methyl sites for hydroxylation is 1. The van der Waals surface area contributed by atoms with Crippen LogP contribution in [0.4, 0.5) is 0 Å². The van der Waals surface area contributed by atoms with Crippen LogP contribution in [0.2, 0.25) is 13.1 Å². The van der Waals surface area contributed by atoms with Crippen LogP contribution in [0.5, 0.6) is 0 Å². The van der Waals surface area contributed by atoms with Gasteiger partial charge in [0.2, 0.25) is 0 Å². The Kier molecular flexibility index (Phi) is 14.9. The molecule has 0 nitrogen and oxygen atoms in total. The van der Waals surface area contributed by atoms with Gasteiger partial charge in [0.25, 0.3) is 0 Å². The van der Waals surface area contributed by atoms with Gasteiger partial charge in [-0.25, -0.2) is 12.1 Å². The third kappa shape index (κ3) is 11.1. The van der Waals surface area contributed by atoms with Crippen molar-refractivity contribution in [2.45, 2.75) is 20.0 Å². The van der Waals surface area contributed by atoms with Gasteiger partial charge in [-0.2, -0.15) is 24.3 Å². The van der Waals surface area contributed by atoms with Crippen molar-refractivity contribution >= 4 is 16.2 Å². The van der Waals surface area contributed by atoms with Crippen LogP contribution in [0.1, 0.15) is 5.56 Å². The van der Waals surface area contributed by atoms with E-state index in [9.17, 15) is 0 Å². The van der Waals surface area contributed by atoms with Crippen molar-refractivity contribution in [1.29, 1.82) is 0 Å². The van der Waals surface area contributed by atoms with Crippen molar-refractivity contribution in [3.8, 4) is 0 Å². The Balaban J connectivity index is 0. The molecule has 4 heteroatoms. The van der Waals surface area contributed by atoms with Gasteiger partial charge in [-0.1, -0.05) is 13.0 Å². The first-order chi connectivity index (χ1) is 9.09. The summed E-state index contributed by atoms with van der Waals surface area (Å²) in [6.07, 6.45) is 0. The second kappa shape index (κ2) is 13.5. The van der Waals surface area contributed by atoms with E-state index < -0.39 is 0 Å². The topological polar surface area (TPSA) is 0 Å². The van der Waals surface area contributed by atoms with Crippen molar-refractivity contribution in [3.05, 3.63) is 72.3 Å². The standard InChI is InChI=1S/C10H9.C5H5.C2H6Si.2ClH.Zr/c1-8-6-9-4-2-3-5-10(9)7-8;1-2-4-5-3-1;1-3-2;;;/h2-7H,1H3;1-5H;1-2H3;2*1H;/q2*-1;;;;+2/p-2. The van der Waals surface area contributed by atoms with Gasteiger partial charge in [0.15, 0.2) is 0 Å². The minimum absolute atomic E-state index is 0. The predicted molar refractivity (Wildman–Crippen MR) is 83.8 cm³/mol. The molecule has 0 amide bonds. The third-order valence-electron chi connectivity index (χ3n) is 2.32. The second-order valence-corrected chi connectivity index (χ2v) is 14.0. The predicted octanol–water partition coefficient (Wildman–Crippen LogP) is -0.935. The first-order valence-corrected chi connectivity index (χ1v) is 12.6. The molecule has 0 N–H and O–H groups in total. The summed E-state index contributed by atoms with van der Waals surface area (Å²) in [6, 6.07) is 22.8. The first kappa shape index (κ1) is 23.1. The zero-order chi connectivity index (χ0) is 14.1. The fourth-order valence-corrected chi connectivity index (χ4v) is 1.63. The van der Waals surface area contributed by atoms with E-state index in [1.165, 1.54) is 16.3 Å². The van der Waals surface area contributed by atoms with E-state index in [-0.39, 0.29) is 30.2 Å². The summed E-state index contributed by atoms with van der Waals surface area (Å²) in [6.45, 7) is 6.74. The van der Waals surface area contributed by atoms with Gasteiger partial charge in [-0.3, -0.25) is 0 Å². The normalized spacial score (nSPS) is 8.24. The molecule has 0 saturated carbocycles. The molecule has 0 saturated heterocycles. The summed E-state index contributed by atoms with van der Waals surface area (Å²) in [7, 11) is 0. The van der Waals surface area contributed by atoms with E-state index in [1.54, 1.807) is 23.3 Å². The van der Waals surface area contributed by atoms with Gasteiger partial charge in [0.1, 0.15) is 0 Å². The number of halogens is 2. The minimum Gasteiger partial charge on any atom is -1.00 e.